The van der Waals surface area contributed by atoms with Crippen molar-refractivity contribution in [2.24, 2.45) is 5.92 Å². The zero-order valence-corrected chi connectivity index (χ0v) is 13.0. The fraction of sp³-hybridized carbons (Fsp3) is 0.444. The topological polar surface area (TPSA) is 47.5 Å². The maximum Gasteiger partial charge on any atom is 0.0892 e. The molecular formula is C18H21N3O2. The number of hydrogen-bond donors (Lipinski definition) is 0. The first-order valence-corrected chi connectivity index (χ1v) is 8.13. The van der Waals surface area contributed by atoms with E-state index in [2.05, 4.69) is 20.9 Å². The molecule has 0 amide bonds. The fourth-order valence-corrected chi connectivity index (χ4v) is 3.53. The van der Waals surface area contributed by atoms with Gasteiger partial charge < -0.3 is 9.47 Å². The molecule has 2 aromatic rings. The quantitative estimate of drug-likeness (QED) is 0.844. The Balaban J connectivity index is 1.41. The third kappa shape index (κ3) is 3.27. The summed E-state index contributed by atoms with van der Waals surface area (Å²) >= 11 is 0. The van der Waals surface area contributed by atoms with Gasteiger partial charge >= 0.3 is 0 Å². The van der Waals surface area contributed by atoms with Gasteiger partial charge in [0, 0.05) is 37.4 Å². The maximum absolute atomic E-state index is 6.17. The van der Waals surface area contributed by atoms with E-state index in [-0.39, 0.29) is 6.10 Å². The summed E-state index contributed by atoms with van der Waals surface area (Å²) in [6.45, 7) is 3.93. The molecule has 2 aliphatic heterocycles. The minimum Gasteiger partial charge on any atom is -0.379 e. The number of nitrogens with zero attached hydrogens (tertiary/aromatic N) is 3. The van der Waals surface area contributed by atoms with Crippen LogP contribution >= 0.6 is 0 Å². The van der Waals surface area contributed by atoms with Gasteiger partial charge in [0.1, 0.15) is 0 Å². The van der Waals surface area contributed by atoms with Crippen molar-refractivity contribution in [2.45, 2.75) is 25.3 Å². The largest absolute Gasteiger partial charge is 0.379 e. The second-order valence-electron chi connectivity index (χ2n) is 6.19. The Labute approximate surface area is 136 Å². The molecule has 5 heteroatoms. The van der Waals surface area contributed by atoms with E-state index in [1.54, 1.807) is 0 Å². The van der Waals surface area contributed by atoms with Crippen LogP contribution in [-0.2, 0) is 22.6 Å². The van der Waals surface area contributed by atoms with Gasteiger partial charge in [-0.3, -0.25) is 14.9 Å². The average molecular weight is 311 g/mol. The highest BCUT2D eigenvalue weighted by molar-refractivity contribution is 5.07. The summed E-state index contributed by atoms with van der Waals surface area (Å²) < 4.78 is 11.9. The molecule has 2 aliphatic rings. The van der Waals surface area contributed by atoms with Gasteiger partial charge in [0.15, 0.2) is 0 Å². The van der Waals surface area contributed by atoms with Crippen molar-refractivity contribution in [3.05, 3.63) is 60.2 Å². The summed E-state index contributed by atoms with van der Waals surface area (Å²) in [7, 11) is 0. The van der Waals surface area contributed by atoms with Crippen LogP contribution in [0.1, 0.15) is 11.4 Å². The van der Waals surface area contributed by atoms with Crippen LogP contribution < -0.4 is 0 Å². The van der Waals surface area contributed by atoms with Gasteiger partial charge in [0.25, 0.3) is 0 Å². The number of pyridine rings is 2. The van der Waals surface area contributed by atoms with Crippen LogP contribution in [-0.4, -0.2) is 46.8 Å². The van der Waals surface area contributed by atoms with E-state index in [1.165, 1.54) is 0 Å². The Hall–Kier alpha value is -1.82. The Kier molecular flexibility index (Phi) is 4.33. The molecule has 4 rings (SSSR count). The highest BCUT2D eigenvalue weighted by atomic mass is 16.5. The van der Waals surface area contributed by atoms with Crippen molar-refractivity contribution in [2.75, 3.05) is 19.8 Å². The molecule has 4 heterocycles. The van der Waals surface area contributed by atoms with Crippen molar-refractivity contribution in [3.8, 4) is 0 Å². The summed E-state index contributed by atoms with van der Waals surface area (Å²) in [6, 6.07) is 12.4. The molecule has 2 fully saturated rings. The lowest BCUT2D eigenvalue weighted by molar-refractivity contribution is 0.00734. The molecule has 120 valence electrons. The molecule has 5 nitrogen and oxygen atoms in total. The first-order valence-electron chi connectivity index (χ1n) is 8.13. The molecule has 2 saturated heterocycles. The standard InChI is InChI=1S/C18H21N3O2/c1-3-7-19-14(5-1)9-21-10-18(16-12-22-13-17(16)21)23-11-15-6-2-4-8-20-15/h1-8,16-18H,9-13H2/t16-,17+,18+/m0/s1. The van der Waals surface area contributed by atoms with Crippen LogP contribution in [0.4, 0.5) is 0 Å². The third-order valence-electron chi connectivity index (χ3n) is 4.72. The number of likely N-dealkylation sites (tertiary alicyclic amines) is 1. The zero-order chi connectivity index (χ0) is 15.5. The van der Waals surface area contributed by atoms with E-state index in [4.69, 9.17) is 9.47 Å². The fourth-order valence-electron chi connectivity index (χ4n) is 3.53. The molecular weight excluding hydrogens is 290 g/mol. The summed E-state index contributed by atoms with van der Waals surface area (Å²) in [5.41, 5.74) is 2.08. The molecule has 0 bridgehead atoms. The molecule has 0 aromatic carbocycles. The lowest BCUT2D eigenvalue weighted by Gasteiger charge is -2.21. The predicted octanol–water partition coefficient (Wildman–Crippen LogP) is 1.89. The van der Waals surface area contributed by atoms with Crippen LogP contribution in [0.3, 0.4) is 0 Å². The van der Waals surface area contributed by atoms with Gasteiger partial charge in [0.05, 0.1) is 37.3 Å². The Morgan fingerprint density at radius 2 is 1.83 bits per heavy atom. The normalized spacial score (nSPS) is 27.2. The van der Waals surface area contributed by atoms with Crippen LogP contribution in [0.25, 0.3) is 0 Å². The number of ether oxygens (including phenoxy) is 2. The van der Waals surface area contributed by atoms with Gasteiger partial charge in [-0.15, -0.1) is 0 Å². The van der Waals surface area contributed by atoms with Crippen molar-refractivity contribution in [3.63, 3.8) is 0 Å². The highest BCUT2D eigenvalue weighted by Gasteiger charge is 2.45. The number of hydrogen-bond acceptors (Lipinski definition) is 5. The monoisotopic (exact) mass is 311 g/mol. The summed E-state index contributed by atoms with van der Waals surface area (Å²) in [5.74, 6) is 0.447. The SMILES string of the molecule is c1ccc(CO[C@@H]2CN(Cc3ccccn3)[C@@H]3COC[C@@H]32)nc1. The first kappa shape index (κ1) is 14.8. The van der Waals surface area contributed by atoms with Crippen LogP contribution in [0.2, 0.25) is 0 Å². The molecule has 0 radical (unpaired) electrons. The molecule has 2 aromatic heterocycles. The van der Waals surface area contributed by atoms with E-state index in [9.17, 15) is 0 Å². The van der Waals surface area contributed by atoms with Crippen molar-refractivity contribution in [1.82, 2.24) is 14.9 Å². The van der Waals surface area contributed by atoms with E-state index < -0.39 is 0 Å². The van der Waals surface area contributed by atoms with Crippen LogP contribution in [0, 0.1) is 5.92 Å². The van der Waals surface area contributed by atoms with Gasteiger partial charge in [-0.1, -0.05) is 12.1 Å². The van der Waals surface area contributed by atoms with Crippen molar-refractivity contribution >= 4 is 0 Å². The lowest BCUT2D eigenvalue weighted by Crippen LogP contribution is -2.32. The van der Waals surface area contributed by atoms with E-state index in [1.807, 2.05) is 42.7 Å². The van der Waals surface area contributed by atoms with E-state index >= 15 is 0 Å². The van der Waals surface area contributed by atoms with E-state index in [0.29, 0.717) is 18.6 Å². The smallest absolute Gasteiger partial charge is 0.0892 e. The third-order valence-corrected chi connectivity index (χ3v) is 4.72. The summed E-state index contributed by atoms with van der Waals surface area (Å²) in [4.78, 5) is 11.2. The van der Waals surface area contributed by atoms with Crippen molar-refractivity contribution in [1.29, 1.82) is 0 Å². The minimum absolute atomic E-state index is 0.202. The number of fused-ring (bicyclic) bond motifs is 1. The average Bonchev–Trinajstić information content (AvgIpc) is 3.19. The Bertz CT molecular complexity index is 623. The Morgan fingerprint density at radius 1 is 1.04 bits per heavy atom. The van der Waals surface area contributed by atoms with Crippen molar-refractivity contribution < 1.29 is 9.47 Å². The number of rotatable bonds is 5. The molecule has 3 atom stereocenters. The molecule has 0 saturated carbocycles. The summed E-state index contributed by atoms with van der Waals surface area (Å²) in [6.07, 6.45) is 3.86. The molecule has 0 N–H and O–H groups in total. The van der Waals surface area contributed by atoms with Crippen LogP contribution in [0.5, 0.6) is 0 Å². The second-order valence-corrected chi connectivity index (χ2v) is 6.19. The Morgan fingerprint density at radius 3 is 2.57 bits per heavy atom. The van der Waals surface area contributed by atoms with Gasteiger partial charge in [0.2, 0.25) is 0 Å². The first-order chi connectivity index (χ1) is 11.4. The predicted molar refractivity (Wildman–Crippen MR) is 85.6 cm³/mol. The molecule has 0 spiro atoms. The molecule has 23 heavy (non-hydrogen) atoms. The van der Waals surface area contributed by atoms with E-state index in [0.717, 1.165) is 37.7 Å². The zero-order valence-electron chi connectivity index (χ0n) is 13.0. The molecule has 0 aliphatic carbocycles. The minimum atomic E-state index is 0.202. The van der Waals surface area contributed by atoms with Gasteiger partial charge in [-0.25, -0.2) is 0 Å². The summed E-state index contributed by atoms with van der Waals surface area (Å²) in [5, 5.41) is 0. The van der Waals surface area contributed by atoms with Gasteiger partial charge in [-0.05, 0) is 24.3 Å². The van der Waals surface area contributed by atoms with Gasteiger partial charge in [-0.2, -0.15) is 0 Å². The lowest BCUT2D eigenvalue weighted by atomic mass is 10.0. The molecule has 0 unspecified atom stereocenters. The number of aromatic nitrogens is 2. The second kappa shape index (κ2) is 6.74. The van der Waals surface area contributed by atoms with Crippen LogP contribution in [0.15, 0.2) is 48.8 Å². The highest BCUT2D eigenvalue weighted by Crippen LogP contribution is 2.33. The maximum atomic E-state index is 6.17.